The number of likely N-dealkylation sites (tertiary alicyclic amines) is 1. The Labute approximate surface area is 152 Å². The minimum absolute atomic E-state index is 0.0314. The molecule has 2 aliphatic heterocycles. The standard InChI is InChI=1S/C18H24ClN3O3/c1-12-7-14(18(24)25)11-22(10-12)16-15(19)8-13(9-20-16)17(23)21-5-3-2-4-6-21/h8-9,12,14H,2-7,10-11H2,1H3,(H,24,25). The predicted octanol–water partition coefficient (Wildman–Crippen LogP) is 2.91. The summed E-state index contributed by atoms with van der Waals surface area (Å²) >= 11 is 6.40. The summed E-state index contributed by atoms with van der Waals surface area (Å²) in [4.78, 5) is 32.1. The first-order chi connectivity index (χ1) is 12.0. The summed E-state index contributed by atoms with van der Waals surface area (Å²) in [6.07, 6.45) is 5.46. The first kappa shape index (κ1) is 18.0. The zero-order chi connectivity index (χ0) is 18.0. The summed E-state index contributed by atoms with van der Waals surface area (Å²) in [5.41, 5.74) is 0.496. The number of hydrogen-bond acceptors (Lipinski definition) is 4. The van der Waals surface area contributed by atoms with Crippen molar-refractivity contribution in [1.29, 1.82) is 0 Å². The van der Waals surface area contributed by atoms with Crippen LogP contribution in [-0.4, -0.2) is 53.0 Å². The van der Waals surface area contributed by atoms with Gasteiger partial charge in [-0.2, -0.15) is 0 Å². The number of carboxylic acids is 1. The van der Waals surface area contributed by atoms with Crippen LogP contribution < -0.4 is 4.90 Å². The van der Waals surface area contributed by atoms with E-state index in [1.54, 1.807) is 12.3 Å². The second-order valence-electron chi connectivity index (χ2n) is 7.16. The molecule has 1 N–H and O–H groups in total. The maximum absolute atomic E-state index is 12.6. The maximum atomic E-state index is 12.6. The van der Waals surface area contributed by atoms with Crippen molar-refractivity contribution < 1.29 is 14.7 Å². The summed E-state index contributed by atoms with van der Waals surface area (Å²) in [6, 6.07) is 1.66. The molecule has 2 atom stereocenters. The fourth-order valence-electron chi connectivity index (χ4n) is 3.76. The Bertz CT molecular complexity index is 661. The number of piperidine rings is 2. The molecule has 2 aliphatic rings. The van der Waals surface area contributed by atoms with Crippen LogP contribution in [0.15, 0.2) is 12.3 Å². The molecule has 0 aliphatic carbocycles. The first-order valence-electron chi connectivity index (χ1n) is 8.88. The van der Waals surface area contributed by atoms with Crippen LogP contribution in [0.3, 0.4) is 0 Å². The average Bonchev–Trinajstić information content (AvgIpc) is 2.61. The Morgan fingerprint density at radius 3 is 2.60 bits per heavy atom. The molecule has 0 aromatic carbocycles. The van der Waals surface area contributed by atoms with Crippen molar-refractivity contribution in [3.05, 3.63) is 22.8 Å². The van der Waals surface area contributed by atoms with E-state index in [1.807, 2.05) is 16.7 Å². The van der Waals surface area contributed by atoms with Gasteiger partial charge >= 0.3 is 5.97 Å². The van der Waals surface area contributed by atoms with E-state index >= 15 is 0 Å². The largest absolute Gasteiger partial charge is 0.481 e. The number of anilines is 1. The Kier molecular flexibility index (Phi) is 5.47. The Morgan fingerprint density at radius 1 is 1.24 bits per heavy atom. The molecule has 0 radical (unpaired) electrons. The molecule has 2 fully saturated rings. The van der Waals surface area contributed by atoms with Gasteiger partial charge in [0.2, 0.25) is 0 Å². The summed E-state index contributed by atoms with van der Waals surface area (Å²) in [5, 5.41) is 9.72. The van der Waals surface area contributed by atoms with Crippen molar-refractivity contribution in [2.75, 3.05) is 31.1 Å². The summed E-state index contributed by atoms with van der Waals surface area (Å²) < 4.78 is 0. The van der Waals surface area contributed by atoms with Gasteiger partial charge < -0.3 is 14.9 Å². The van der Waals surface area contributed by atoms with Gasteiger partial charge in [-0.15, -0.1) is 0 Å². The van der Waals surface area contributed by atoms with Crippen molar-refractivity contribution in [1.82, 2.24) is 9.88 Å². The highest BCUT2D eigenvalue weighted by Gasteiger charge is 2.31. The van der Waals surface area contributed by atoms with Gasteiger partial charge in [0.05, 0.1) is 16.5 Å². The number of aliphatic carboxylic acids is 1. The number of nitrogens with zero attached hydrogens (tertiary/aromatic N) is 3. The van der Waals surface area contributed by atoms with Crippen LogP contribution in [0.1, 0.15) is 43.0 Å². The minimum atomic E-state index is -0.787. The molecule has 2 saturated heterocycles. The molecule has 0 bridgehead atoms. The molecule has 1 aromatic rings. The van der Waals surface area contributed by atoms with Crippen LogP contribution in [0.4, 0.5) is 5.82 Å². The second-order valence-corrected chi connectivity index (χ2v) is 7.57. The molecule has 0 saturated carbocycles. The van der Waals surface area contributed by atoms with E-state index in [-0.39, 0.29) is 11.8 Å². The summed E-state index contributed by atoms with van der Waals surface area (Å²) in [5.74, 6) is -0.422. The SMILES string of the molecule is CC1CC(C(=O)O)CN(c2ncc(C(=O)N3CCCCC3)cc2Cl)C1. The van der Waals surface area contributed by atoms with Gasteiger partial charge in [0.15, 0.2) is 0 Å². The predicted molar refractivity (Wildman–Crippen MR) is 96.1 cm³/mol. The van der Waals surface area contributed by atoms with Crippen LogP contribution in [0.5, 0.6) is 0 Å². The van der Waals surface area contributed by atoms with E-state index < -0.39 is 11.9 Å². The molecule has 25 heavy (non-hydrogen) atoms. The van der Waals surface area contributed by atoms with E-state index in [2.05, 4.69) is 4.98 Å². The van der Waals surface area contributed by atoms with E-state index in [9.17, 15) is 14.7 Å². The normalized spacial score (nSPS) is 24.2. The maximum Gasteiger partial charge on any atom is 0.308 e. The lowest BCUT2D eigenvalue weighted by Crippen LogP contribution is -2.43. The molecule has 3 heterocycles. The van der Waals surface area contributed by atoms with Crippen molar-refractivity contribution >= 4 is 29.3 Å². The lowest BCUT2D eigenvalue weighted by atomic mass is 9.90. The van der Waals surface area contributed by atoms with Gasteiger partial charge in [-0.25, -0.2) is 4.98 Å². The molecule has 2 unspecified atom stereocenters. The lowest BCUT2D eigenvalue weighted by Gasteiger charge is -2.36. The van der Waals surface area contributed by atoms with Gasteiger partial charge in [0.25, 0.3) is 5.91 Å². The van der Waals surface area contributed by atoms with Crippen LogP contribution in [0.2, 0.25) is 5.02 Å². The third-order valence-corrected chi connectivity index (χ3v) is 5.30. The Balaban J connectivity index is 1.77. The molecule has 0 spiro atoms. The molecule has 1 amide bonds. The van der Waals surface area contributed by atoms with Gasteiger partial charge in [-0.05, 0) is 37.7 Å². The highest BCUT2D eigenvalue weighted by Crippen LogP contribution is 2.31. The number of hydrogen-bond donors (Lipinski definition) is 1. The fraction of sp³-hybridized carbons (Fsp3) is 0.611. The van der Waals surface area contributed by atoms with Crippen molar-refractivity contribution in [3.8, 4) is 0 Å². The number of aromatic nitrogens is 1. The summed E-state index contributed by atoms with van der Waals surface area (Å²) in [6.45, 7) is 4.70. The second kappa shape index (κ2) is 7.60. The quantitative estimate of drug-likeness (QED) is 0.891. The molecule has 136 valence electrons. The third-order valence-electron chi connectivity index (χ3n) is 5.02. The van der Waals surface area contributed by atoms with Crippen LogP contribution in [0.25, 0.3) is 0 Å². The topological polar surface area (TPSA) is 73.7 Å². The number of amides is 1. The van der Waals surface area contributed by atoms with Crippen LogP contribution in [-0.2, 0) is 4.79 Å². The van der Waals surface area contributed by atoms with Crippen molar-refractivity contribution in [2.45, 2.75) is 32.6 Å². The molecular weight excluding hydrogens is 342 g/mol. The number of rotatable bonds is 3. The van der Waals surface area contributed by atoms with E-state index in [4.69, 9.17) is 11.6 Å². The Hall–Kier alpha value is -1.82. The van der Waals surface area contributed by atoms with E-state index in [1.165, 1.54) is 6.42 Å². The van der Waals surface area contributed by atoms with E-state index in [0.29, 0.717) is 29.4 Å². The highest BCUT2D eigenvalue weighted by atomic mass is 35.5. The van der Waals surface area contributed by atoms with Gasteiger partial charge in [0, 0.05) is 32.4 Å². The lowest BCUT2D eigenvalue weighted by molar-refractivity contribution is -0.142. The van der Waals surface area contributed by atoms with Crippen molar-refractivity contribution in [3.63, 3.8) is 0 Å². The molecule has 6 nitrogen and oxygen atoms in total. The Morgan fingerprint density at radius 2 is 1.96 bits per heavy atom. The first-order valence-corrected chi connectivity index (χ1v) is 9.26. The van der Waals surface area contributed by atoms with Gasteiger partial charge in [-0.1, -0.05) is 18.5 Å². The summed E-state index contributed by atoms with van der Waals surface area (Å²) in [7, 11) is 0. The van der Waals surface area contributed by atoms with Gasteiger partial charge in [0.1, 0.15) is 5.82 Å². The van der Waals surface area contributed by atoms with Gasteiger partial charge in [-0.3, -0.25) is 9.59 Å². The fourth-order valence-corrected chi connectivity index (χ4v) is 4.05. The number of carbonyl (C=O) groups is 2. The minimum Gasteiger partial charge on any atom is -0.481 e. The molecule has 1 aromatic heterocycles. The number of carboxylic acid groups (broad SMARTS) is 1. The van der Waals surface area contributed by atoms with E-state index in [0.717, 1.165) is 32.5 Å². The van der Waals surface area contributed by atoms with Crippen LogP contribution in [0, 0.1) is 11.8 Å². The zero-order valence-corrected chi connectivity index (χ0v) is 15.2. The third kappa shape index (κ3) is 4.06. The zero-order valence-electron chi connectivity index (χ0n) is 14.4. The smallest absolute Gasteiger partial charge is 0.308 e. The number of carbonyl (C=O) groups excluding carboxylic acids is 1. The number of pyridine rings is 1. The average molecular weight is 366 g/mol. The highest BCUT2D eigenvalue weighted by molar-refractivity contribution is 6.33. The molecular formula is C18H24ClN3O3. The monoisotopic (exact) mass is 365 g/mol. The molecule has 3 rings (SSSR count). The molecule has 7 heteroatoms. The van der Waals surface area contributed by atoms with Crippen LogP contribution >= 0.6 is 11.6 Å². The van der Waals surface area contributed by atoms with Crippen molar-refractivity contribution in [2.24, 2.45) is 11.8 Å². The number of halogens is 1.